The number of nitrogens with zero attached hydrogens (tertiary/aromatic N) is 1. The first-order valence-electron chi connectivity index (χ1n) is 6.39. The molecular weight excluding hydrogens is 220 g/mol. The lowest BCUT2D eigenvalue weighted by Gasteiger charge is -2.22. The van der Waals surface area contributed by atoms with E-state index in [1.54, 1.807) is 0 Å². The maximum atomic E-state index is 6.19. The van der Waals surface area contributed by atoms with Gasteiger partial charge in [-0.1, -0.05) is 18.2 Å². The lowest BCUT2D eigenvalue weighted by Crippen LogP contribution is -2.15. The summed E-state index contributed by atoms with van der Waals surface area (Å²) in [5.41, 5.74) is 13.5. The minimum absolute atomic E-state index is 0.870. The molecule has 0 bridgehead atoms. The van der Waals surface area contributed by atoms with Crippen molar-refractivity contribution in [2.75, 3.05) is 17.2 Å². The zero-order valence-corrected chi connectivity index (χ0v) is 10.9. The van der Waals surface area contributed by atoms with Crippen LogP contribution in [0.25, 0.3) is 0 Å². The molecule has 0 amide bonds. The maximum Gasteiger partial charge on any atom is 0.0647 e. The molecule has 2 aromatic rings. The molecule has 2 nitrogen and oxygen atoms in total. The number of nitrogens with two attached hydrogens (primary N) is 1. The van der Waals surface area contributed by atoms with Crippen molar-refractivity contribution in [3.05, 3.63) is 53.1 Å². The lowest BCUT2D eigenvalue weighted by atomic mass is 10.1. The molecule has 0 aromatic heterocycles. The van der Waals surface area contributed by atoms with Gasteiger partial charge in [-0.05, 0) is 55.2 Å². The fourth-order valence-electron chi connectivity index (χ4n) is 2.65. The fourth-order valence-corrected chi connectivity index (χ4v) is 2.65. The quantitative estimate of drug-likeness (QED) is 0.769. The third-order valence-corrected chi connectivity index (χ3v) is 3.82. The number of aryl methyl sites for hydroxylation is 2. The monoisotopic (exact) mass is 238 g/mol. The summed E-state index contributed by atoms with van der Waals surface area (Å²) in [5.74, 6) is 0. The molecule has 2 aromatic carbocycles. The van der Waals surface area contributed by atoms with Gasteiger partial charge in [-0.15, -0.1) is 0 Å². The van der Waals surface area contributed by atoms with Crippen molar-refractivity contribution in [3.8, 4) is 0 Å². The van der Waals surface area contributed by atoms with Crippen molar-refractivity contribution >= 4 is 17.1 Å². The van der Waals surface area contributed by atoms with E-state index in [-0.39, 0.29) is 0 Å². The van der Waals surface area contributed by atoms with Crippen LogP contribution in [0.1, 0.15) is 16.7 Å². The van der Waals surface area contributed by atoms with Crippen LogP contribution in [0.15, 0.2) is 36.4 Å². The summed E-state index contributed by atoms with van der Waals surface area (Å²) >= 11 is 0. The summed E-state index contributed by atoms with van der Waals surface area (Å²) in [6.07, 6.45) is 1.10. The topological polar surface area (TPSA) is 29.3 Å². The predicted octanol–water partition coefficient (Wildman–Crippen LogP) is 3.58. The number of nitrogen functional groups attached to an aromatic ring is 1. The summed E-state index contributed by atoms with van der Waals surface area (Å²) in [6.45, 7) is 5.26. The Balaban J connectivity index is 2.10. The Hall–Kier alpha value is -1.96. The summed E-state index contributed by atoms with van der Waals surface area (Å²) in [5, 5.41) is 0. The molecule has 0 fully saturated rings. The Morgan fingerprint density at radius 2 is 1.72 bits per heavy atom. The van der Waals surface area contributed by atoms with Crippen molar-refractivity contribution in [2.45, 2.75) is 20.3 Å². The second-order valence-corrected chi connectivity index (χ2v) is 5.03. The normalized spacial score (nSPS) is 13.8. The standard InChI is InChI=1S/C16H18N2/c1-11-9-14(17)16(10-12(11)2)18-8-7-13-5-3-4-6-15(13)18/h3-6,9-10H,7-8,17H2,1-2H3. The molecule has 92 valence electrons. The van der Waals surface area contributed by atoms with E-state index in [1.807, 2.05) is 0 Å². The van der Waals surface area contributed by atoms with Crippen molar-refractivity contribution < 1.29 is 0 Å². The van der Waals surface area contributed by atoms with Gasteiger partial charge in [0.05, 0.1) is 11.4 Å². The smallest absolute Gasteiger partial charge is 0.0647 e. The average molecular weight is 238 g/mol. The Kier molecular flexibility index (Phi) is 2.51. The highest BCUT2D eigenvalue weighted by Crippen LogP contribution is 2.38. The van der Waals surface area contributed by atoms with Crippen LogP contribution in [0.2, 0.25) is 0 Å². The van der Waals surface area contributed by atoms with Gasteiger partial charge in [0.25, 0.3) is 0 Å². The lowest BCUT2D eigenvalue weighted by molar-refractivity contribution is 0.998. The number of anilines is 3. The van der Waals surface area contributed by atoms with Gasteiger partial charge in [-0.2, -0.15) is 0 Å². The molecular formula is C16H18N2. The molecule has 1 heterocycles. The van der Waals surface area contributed by atoms with Gasteiger partial charge in [0.2, 0.25) is 0 Å². The van der Waals surface area contributed by atoms with Gasteiger partial charge in [-0.25, -0.2) is 0 Å². The number of para-hydroxylation sites is 1. The fraction of sp³-hybridized carbons (Fsp3) is 0.250. The van der Waals surface area contributed by atoms with Crippen LogP contribution in [-0.4, -0.2) is 6.54 Å². The number of hydrogen-bond donors (Lipinski definition) is 1. The zero-order valence-electron chi connectivity index (χ0n) is 10.9. The Morgan fingerprint density at radius 3 is 2.56 bits per heavy atom. The van der Waals surface area contributed by atoms with Gasteiger partial charge < -0.3 is 10.6 Å². The molecule has 1 aliphatic rings. The molecule has 0 saturated heterocycles. The van der Waals surface area contributed by atoms with Gasteiger partial charge in [-0.3, -0.25) is 0 Å². The summed E-state index contributed by atoms with van der Waals surface area (Å²) in [6, 6.07) is 12.8. The van der Waals surface area contributed by atoms with Crippen LogP contribution >= 0.6 is 0 Å². The van der Waals surface area contributed by atoms with Crippen LogP contribution < -0.4 is 10.6 Å². The van der Waals surface area contributed by atoms with E-state index >= 15 is 0 Å². The van der Waals surface area contributed by atoms with Crippen LogP contribution in [-0.2, 0) is 6.42 Å². The molecule has 0 radical (unpaired) electrons. The number of rotatable bonds is 1. The number of hydrogen-bond acceptors (Lipinski definition) is 2. The molecule has 2 heteroatoms. The van der Waals surface area contributed by atoms with E-state index in [9.17, 15) is 0 Å². The highest BCUT2D eigenvalue weighted by Gasteiger charge is 2.21. The largest absolute Gasteiger partial charge is 0.397 e. The molecule has 0 atom stereocenters. The SMILES string of the molecule is Cc1cc(N)c(N2CCc3ccccc32)cc1C. The van der Waals surface area contributed by atoms with Crippen LogP contribution in [0.4, 0.5) is 17.1 Å². The molecule has 0 aliphatic carbocycles. The van der Waals surface area contributed by atoms with E-state index in [0.717, 1.165) is 24.3 Å². The molecule has 0 unspecified atom stereocenters. The first-order valence-corrected chi connectivity index (χ1v) is 6.39. The summed E-state index contributed by atoms with van der Waals surface area (Å²) in [7, 11) is 0. The van der Waals surface area contributed by atoms with Crippen LogP contribution in [0, 0.1) is 13.8 Å². The third-order valence-electron chi connectivity index (χ3n) is 3.82. The minimum Gasteiger partial charge on any atom is -0.397 e. The van der Waals surface area contributed by atoms with Crippen LogP contribution in [0.3, 0.4) is 0 Å². The second-order valence-electron chi connectivity index (χ2n) is 5.03. The third kappa shape index (κ3) is 1.65. The molecule has 0 saturated carbocycles. The van der Waals surface area contributed by atoms with E-state index in [1.165, 1.54) is 22.4 Å². The summed E-state index contributed by atoms with van der Waals surface area (Å²) in [4.78, 5) is 2.33. The second kappa shape index (κ2) is 4.05. The number of fused-ring (bicyclic) bond motifs is 1. The van der Waals surface area contributed by atoms with Crippen molar-refractivity contribution in [1.82, 2.24) is 0 Å². The highest BCUT2D eigenvalue weighted by molar-refractivity contribution is 5.79. The Bertz CT molecular complexity index is 602. The zero-order chi connectivity index (χ0) is 12.7. The first-order chi connectivity index (χ1) is 8.66. The van der Waals surface area contributed by atoms with E-state index in [2.05, 4.69) is 55.1 Å². The minimum atomic E-state index is 0.870. The van der Waals surface area contributed by atoms with E-state index in [0.29, 0.717) is 0 Å². The van der Waals surface area contributed by atoms with Crippen molar-refractivity contribution in [3.63, 3.8) is 0 Å². The van der Waals surface area contributed by atoms with Crippen molar-refractivity contribution in [2.24, 2.45) is 0 Å². The Labute approximate surface area is 108 Å². The van der Waals surface area contributed by atoms with Gasteiger partial charge in [0.1, 0.15) is 0 Å². The molecule has 0 spiro atoms. The molecule has 18 heavy (non-hydrogen) atoms. The van der Waals surface area contributed by atoms with Crippen molar-refractivity contribution in [1.29, 1.82) is 0 Å². The predicted molar refractivity (Wildman–Crippen MR) is 77.5 cm³/mol. The number of benzene rings is 2. The first kappa shape index (κ1) is 11.1. The molecule has 1 aliphatic heterocycles. The maximum absolute atomic E-state index is 6.19. The molecule has 2 N–H and O–H groups in total. The Morgan fingerprint density at radius 1 is 1.00 bits per heavy atom. The van der Waals surface area contributed by atoms with Crippen LogP contribution in [0.5, 0.6) is 0 Å². The van der Waals surface area contributed by atoms with Gasteiger partial charge in [0.15, 0.2) is 0 Å². The van der Waals surface area contributed by atoms with Gasteiger partial charge >= 0.3 is 0 Å². The highest BCUT2D eigenvalue weighted by atomic mass is 15.2. The van der Waals surface area contributed by atoms with E-state index in [4.69, 9.17) is 5.73 Å². The molecule has 3 rings (SSSR count). The summed E-state index contributed by atoms with van der Waals surface area (Å²) < 4.78 is 0. The van der Waals surface area contributed by atoms with E-state index < -0.39 is 0 Å². The average Bonchev–Trinajstić information content (AvgIpc) is 2.78. The van der Waals surface area contributed by atoms with Gasteiger partial charge in [0, 0.05) is 12.2 Å².